The molecule has 0 spiro atoms. The summed E-state index contributed by atoms with van der Waals surface area (Å²) in [6.07, 6.45) is -1.64. The maximum Gasteiger partial charge on any atom is 0.363 e. The molecule has 0 fully saturated rings. The molecule has 1 aromatic rings. The van der Waals surface area contributed by atoms with Gasteiger partial charge in [-0.2, -0.15) is 0 Å². The fraction of sp³-hybridized carbons (Fsp3) is 0.286. The smallest absolute Gasteiger partial charge is 0.358 e. The molecule has 0 bridgehead atoms. The van der Waals surface area contributed by atoms with Gasteiger partial charge in [-0.25, -0.2) is 8.78 Å². The van der Waals surface area contributed by atoms with Crippen molar-refractivity contribution in [3.63, 3.8) is 0 Å². The Bertz CT molecular complexity index is 341. The Morgan fingerprint density at radius 3 is 2.69 bits per heavy atom. The Labute approximate surface area is 72.4 Å². The molecular weight excluding hydrogens is 182 g/mol. The second kappa shape index (κ2) is 3.42. The summed E-state index contributed by atoms with van der Waals surface area (Å²) in [6, 6.07) is 0.792. The van der Waals surface area contributed by atoms with E-state index in [1.807, 2.05) is 0 Å². The second-order valence-corrected chi connectivity index (χ2v) is 2.46. The molecule has 0 radical (unpaired) electrons. The van der Waals surface area contributed by atoms with Gasteiger partial charge in [0.25, 0.3) is 6.43 Å². The van der Waals surface area contributed by atoms with Gasteiger partial charge in [0.15, 0.2) is 0 Å². The van der Waals surface area contributed by atoms with Crippen LogP contribution in [0.4, 0.5) is 14.6 Å². The number of aromatic nitrogens is 1. The molecule has 70 valence electrons. The fourth-order valence-electron chi connectivity index (χ4n) is 0.863. The van der Waals surface area contributed by atoms with Crippen molar-refractivity contribution < 1.29 is 13.7 Å². The van der Waals surface area contributed by atoms with E-state index in [1.54, 1.807) is 0 Å². The molecule has 4 nitrogen and oxygen atoms in total. The van der Waals surface area contributed by atoms with Gasteiger partial charge in [0.1, 0.15) is 6.20 Å². The van der Waals surface area contributed by atoms with Crippen LogP contribution < -0.4 is 0 Å². The monoisotopic (exact) mass is 188 g/mol. The van der Waals surface area contributed by atoms with Crippen LogP contribution in [0.2, 0.25) is 0 Å². The van der Waals surface area contributed by atoms with E-state index in [2.05, 4.69) is 4.98 Å². The molecule has 0 saturated heterocycles. The molecular formula is C7H6F2N2O2. The summed E-state index contributed by atoms with van der Waals surface area (Å²) < 4.78 is 24.4. The molecule has 6 heteroatoms. The molecule has 13 heavy (non-hydrogen) atoms. The van der Waals surface area contributed by atoms with Gasteiger partial charge < -0.3 is 10.1 Å². The van der Waals surface area contributed by atoms with Gasteiger partial charge in [0.05, 0.1) is 0 Å². The number of alkyl halides is 2. The normalized spacial score (nSPS) is 10.5. The Morgan fingerprint density at radius 1 is 1.62 bits per heavy atom. The van der Waals surface area contributed by atoms with Crippen LogP contribution in [0.3, 0.4) is 0 Å². The first-order valence-electron chi connectivity index (χ1n) is 3.41. The minimum atomic E-state index is -2.71. The van der Waals surface area contributed by atoms with Crippen molar-refractivity contribution in [1.29, 1.82) is 0 Å². The summed E-state index contributed by atoms with van der Waals surface area (Å²) in [4.78, 5) is 12.8. The highest BCUT2D eigenvalue weighted by Crippen LogP contribution is 2.24. The predicted molar refractivity (Wildman–Crippen MR) is 40.6 cm³/mol. The summed E-state index contributed by atoms with van der Waals surface area (Å²) in [5.74, 6) is -0.555. The zero-order chi connectivity index (χ0) is 10.0. The molecule has 0 unspecified atom stereocenters. The van der Waals surface area contributed by atoms with Gasteiger partial charge in [0.2, 0.25) is 0 Å². The van der Waals surface area contributed by atoms with Crippen LogP contribution in [0.1, 0.15) is 17.6 Å². The van der Waals surface area contributed by atoms with E-state index in [4.69, 9.17) is 0 Å². The zero-order valence-electron chi connectivity index (χ0n) is 6.70. The van der Waals surface area contributed by atoms with Gasteiger partial charge in [-0.05, 0) is 16.8 Å². The van der Waals surface area contributed by atoms with E-state index in [0.717, 1.165) is 12.3 Å². The van der Waals surface area contributed by atoms with Crippen LogP contribution in [-0.2, 0) is 0 Å². The number of halogens is 2. The number of nitro groups is 1. The molecule has 0 aliphatic carbocycles. The molecule has 1 heterocycles. The average molecular weight is 188 g/mol. The highest BCUT2D eigenvalue weighted by molar-refractivity contribution is 5.32. The molecule has 0 N–H and O–H groups in total. The fourth-order valence-corrected chi connectivity index (χ4v) is 0.863. The zero-order valence-corrected chi connectivity index (χ0v) is 6.70. The third kappa shape index (κ3) is 1.95. The van der Waals surface area contributed by atoms with Crippen molar-refractivity contribution in [2.45, 2.75) is 13.3 Å². The van der Waals surface area contributed by atoms with Crippen molar-refractivity contribution in [1.82, 2.24) is 4.98 Å². The van der Waals surface area contributed by atoms with E-state index in [-0.39, 0.29) is 11.1 Å². The molecule has 0 saturated carbocycles. The second-order valence-electron chi connectivity index (χ2n) is 2.46. The molecule has 0 aromatic carbocycles. The van der Waals surface area contributed by atoms with Crippen molar-refractivity contribution in [3.05, 3.63) is 33.5 Å². The number of hydrogen-bond donors (Lipinski definition) is 0. The maximum absolute atomic E-state index is 12.2. The Morgan fingerprint density at radius 2 is 2.23 bits per heavy atom. The topological polar surface area (TPSA) is 56.0 Å². The molecule has 0 amide bonds. The van der Waals surface area contributed by atoms with Crippen LogP contribution in [0.25, 0.3) is 0 Å². The minimum absolute atomic E-state index is 0.251. The highest BCUT2D eigenvalue weighted by Gasteiger charge is 2.17. The predicted octanol–water partition coefficient (Wildman–Crippen LogP) is 2.24. The van der Waals surface area contributed by atoms with Gasteiger partial charge in [-0.3, -0.25) is 0 Å². The lowest BCUT2D eigenvalue weighted by atomic mass is 10.1. The molecule has 1 aromatic heterocycles. The first kappa shape index (κ1) is 9.50. The minimum Gasteiger partial charge on any atom is -0.358 e. The van der Waals surface area contributed by atoms with Crippen LogP contribution in [-0.4, -0.2) is 9.91 Å². The maximum atomic E-state index is 12.2. The van der Waals surface area contributed by atoms with Crippen LogP contribution in [0.5, 0.6) is 0 Å². The summed E-state index contributed by atoms with van der Waals surface area (Å²) in [5.41, 5.74) is -0.0951. The van der Waals surface area contributed by atoms with Gasteiger partial charge in [0, 0.05) is 17.2 Å². The summed E-state index contributed by atoms with van der Waals surface area (Å²) in [5, 5.41) is 10.2. The quantitative estimate of drug-likeness (QED) is 0.528. The number of aryl methyl sites for hydroxylation is 1. The van der Waals surface area contributed by atoms with E-state index in [0.29, 0.717) is 0 Å². The Kier molecular flexibility index (Phi) is 2.50. The third-order valence-corrected chi connectivity index (χ3v) is 1.55. The van der Waals surface area contributed by atoms with Crippen LogP contribution in [0.15, 0.2) is 12.3 Å². The number of hydrogen-bond acceptors (Lipinski definition) is 3. The summed E-state index contributed by atoms with van der Waals surface area (Å²) in [7, 11) is 0. The SMILES string of the molecule is Cc1cnc([N+](=O)[O-])cc1C(F)F. The van der Waals surface area contributed by atoms with E-state index >= 15 is 0 Å². The summed E-state index contributed by atoms with van der Waals surface area (Å²) >= 11 is 0. The Balaban J connectivity index is 3.19. The number of rotatable bonds is 2. The van der Waals surface area contributed by atoms with Crippen LogP contribution >= 0.6 is 0 Å². The van der Waals surface area contributed by atoms with Crippen molar-refractivity contribution in [3.8, 4) is 0 Å². The number of pyridine rings is 1. The Hall–Kier alpha value is -1.59. The van der Waals surface area contributed by atoms with Crippen molar-refractivity contribution in [2.24, 2.45) is 0 Å². The lowest BCUT2D eigenvalue weighted by Crippen LogP contribution is -1.96. The van der Waals surface area contributed by atoms with Gasteiger partial charge >= 0.3 is 5.82 Å². The van der Waals surface area contributed by atoms with Crippen molar-refractivity contribution >= 4 is 5.82 Å². The van der Waals surface area contributed by atoms with Gasteiger partial charge in [-0.15, -0.1) is 0 Å². The number of nitrogens with zero attached hydrogens (tertiary/aromatic N) is 2. The average Bonchev–Trinajstić information content (AvgIpc) is 2.04. The largest absolute Gasteiger partial charge is 0.363 e. The third-order valence-electron chi connectivity index (χ3n) is 1.55. The standard InChI is InChI=1S/C7H6F2N2O2/c1-4-3-10-6(11(12)13)2-5(4)7(8)9/h2-3,7H,1H3. The lowest BCUT2D eigenvalue weighted by molar-refractivity contribution is -0.389. The first-order valence-corrected chi connectivity index (χ1v) is 3.41. The van der Waals surface area contributed by atoms with E-state index < -0.39 is 17.2 Å². The molecule has 0 atom stereocenters. The van der Waals surface area contributed by atoms with E-state index in [1.165, 1.54) is 6.92 Å². The highest BCUT2D eigenvalue weighted by atomic mass is 19.3. The van der Waals surface area contributed by atoms with Crippen LogP contribution in [0, 0.1) is 17.0 Å². The summed E-state index contributed by atoms with van der Waals surface area (Å²) in [6.45, 7) is 1.43. The lowest BCUT2D eigenvalue weighted by Gasteiger charge is -2.01. The van der Waals surface area contributed by atoms with Gasteiger partial charge in [-0.1, -0.05) is 0 Å². The molecule has 1 rings (SSSR count). The molecule has 0 aliphatic rings. The van der Waals surface area contributed by atoms with E-state index in [9.17, 15) is 18.9 Å². The molecule has 0 aliphatic heterocycles. The first-order chi connectivity index (χ1) is 6.02. The van der Waals surface area contributed by atoms with Crippen molar-refractivity contribution in [2.75, 3.05) is 0 Å².